The highest BCUT2D eigenvalue weighted by Crippen LogP contribution is 2.25. The standard InChI is InChI=1S/C16H20N2O/c1-17-16-9-6-14(18(2)3)11-13(16)10-12-4-7-15(19)8-5-12/h4-9,11,17,19H,10H2,1-3H3. The molecule has 0 atom stereocenters. The summed E-state index contributed by atoms with van der Waals surface area (Å²) in [6.07, 6.45) is 0.845. The minimum absolute atomic E-state index is 0.305. The molecule has 0 radical (unpaired) electrons. The fourth-order valence-electron chi connectivity index (χ4n) is 2.08. The van der Waals surface area contributed by atoms with Crippen LogP contribution in [0.4, 0.5) is 11.4 Å². The summed E-state index contributed by atoms with van der Waals surface area (Å²) in [6, 6.07) is 13.8. The molecule has 0 aliphatic rings. The average molecular weight is 256 g/mol. The Morgan fingerprint density at radius 2 is 1.74 bits per heavy atom. The molecule has 0 spiro atoms. The van der Waals surface area contributed by atoms with Gasteiger partial charge in [-0.15, -0.1) is 0 Å². The monoisotopic (exact) mass is 256 g/mol. The molecule has 19 heavy (non-hydrogen) atoms. The second-order valence-electron chi connectivity index (χ2n) is 4.83. The van der Waals surface area contributed by atoms with E-state index >= 15 is 0 Å². The topological polar surface area (TPSA) is 35.5 Å². The largest absolute Gasteiger partial charge is 0.508 e. The molecule has 0 heterocycles. The highest BCUT2D eigenvalue weighted by Gasteiger charge is 2.05. The van der Waals surface area contributed by atoms with Gasteiger partial charge < -0.3 is 15.3 Å². The molecule has 100 valence electrons. The maximum atomic E-state index is 9.32. The molecule has 0 saturated carbocycles. The first kappa shape index (κ1) is 13.3. The van der Waals surface area contributed by atoms with Crippen molar-refractivity contribution in [2.24, 2.45) is 0 Å². The van der Waals surface area contributed by atoms with E-state index in [2.05, 4.69) is 28.4 Å². The number of benzene rings is 2. The Morgan fingerprint density at radius 1 is 1.05 bits per heavy atom. The van der Waals surface area contributed by atoms with Gasteiger partial charge in [0.25, 0.3) is 0 Å². The number of hydrogen-bond acceptors (Lipinski definition) is 3. The molecule has 0 amide bonds. The van der Waals surface area contributed by atoms with Crippen molar-refractivity contribution in [2.75, 3.05) is 31.4 Å². The Hall–Kier alpha value is -2.16. The fourth-order valence-corrected chi connectivity index (χ4v) is 2.08. The maximum Gasteiger partial charge on any atom is 0.115 e. The summed E-state index contributed by atoms with van der Waals surface area (Å²) < 4.78 is 0. The fraction of sp³-hybridized carbons (Fsp3) is 0.250. The van der Waals surface area contributed by atoms with Crippen LogP contribution >= 0.6 is 0 Å². The third-order valence-electron chi connectivity index (χ3n) is 3.21. The van der Waals surface area contributed by atoms with Crippen LogP contribution in [0, 0.1) is 0 Å². The van der Waals surface area contributed by atoms with Gasteiger partial charge in [-0.05, 0) is 47.9 Å². The van der Waals surface area contributed by atoms with Crippen molar-refractivity contribution in [1.82, 2.24) is 0 Å². The summed E-state index contributed by atoms with van der Waals surface area (Å²) >= 11 is 0. The normalized spacial score (nSPS) is 10.3. The molecule has 0 aliphatic heterocycles. The quantitative estimate of drug-likeness (QED) is 0.882. The number of phenols is 1. The number of aromatic hydroxyl groups is 1. The zero-order valence-electron chi connectivity index (χ0n) is 11.6. The summed E-state index contributed by atoms with van der Waals surface area (Å²) in [5, 5.41) is 12.5. The van der Waals surface area contributed by atoms with Crippen molar-refractivity contribution in [3.05, 3.63) is 53.6 Å². The van der Waals surface area contributed by atoms with Crippen molar-refractivity contribution in [1.29, 1.82) is 0 Å². The lowest BCUT2D eigenvalue weighted by Crippen LogP contribution is -2.09. The van der Waals surface area contributed by atoms with Gasteiger partial charge in [0.05, 0.1) is 0 Å². The Bertz CT molecular complexity index is 547. The molecular weight excluding hydrogens is 236 g/mol. The molecule has 2 aromatic rings. The van der Waals surface area contributed by atoms with Crippen LogP contribution in [0.5, 0.6) is 5.75 Å². The SMILES string of the molecule is CNc1ccc(N(C)C)cc1Cc1ccc(O)cc1. The minimum atomic E-state index is 0.305. The third-order valence-corrected chi connectivity index (χ3v) is 3.21. The van der Waals surface area contributed by atoms with Crippen LogP contribution in [0.15, 0.2) is 42.5 Å². The molecule has 0 aromatic heterocycles. The highest BCUT2D eigenvalue weighted by molar-refractivity contribution is 5.61. The smallest absolute Gasteiger partial charge is 0.115 e. The van der Waals surface area contributed by atoms with Gasteiger partial charge in [0.2, 0.25) is 0 Å². The van der Waals surface area contributed by atoms with Crippen LogP contribution in [-0.2, 0) is 6.42 Å². The van der Waals surface area contributed by atoms with Gasteiger partial charge in [0.1, 0.15) is 5.75 Å². The predicted molar refractivity (Wildman–Crippen MR) is 81.2 cm³/mol. The maximum absolute atomic E-state index is 9.32. The van der Waals surface area contributed by atoms with Crippen molar-refractivity contribution >= 4 is 11.4 Å². The van der Waals surface area contributed by atoms with Gasteiger partial charge in [-0.25, -0.2) is 0 Å². The summed E-state index contributed by atoms with van der Waals surface area (Å²) in [5.41, 5.74) is 4.76. The number of nitrogens with one attached hydrogen (secondary N) is 1. The Kier molecular flexibility index (Phi) is 3.95. The highest BCUT2D eigenvalue weighted by atomic mass is 16.3. The van der Waals surface area contributed by atoms with Crippen molar-refractivity contribution in [3.63, 3.8) is 0 Å². The molecule has 2 N–H and O–H groups in total. The number of nitrogens with zero attached hydrogens (tertiary/aromatic N) is 1. The van der Waals surface area contributed by atoms with Gasteiger partial charge >= 0.3 is 0 Å². The summed E-state index contributed by atoms with van der Waals surface area (Å²) in [7, 11) is 6.02. The molecule has 2 rings (SSSR count). The molecule has 3 heteroatoms. The molecule has 2 aromatic carbocycles. The Balaban J connectivity index is 2.31. The van der Waals surface area contributed by atoms with Gasteiger partial charge in [-0.3, -0.25) is 0 Å². The van der Waals surface area contributed by atoms with E-state index in [0.29, 0.717) is 5.75 Å². The van der Waals surface area contributed by atoms with Crippen LogP contribution in [0.25, 0.3) is 0 Å². The third kappa shape index (κ3) is 3.19. The van der Waals surface area contributed by atoms with E-state index in [1.165, 1.54) is 16.8 Å². The number of hydrogen-bond donors (Lipinski definition) is 2. The molecule has 3 nitrogen and oxygen atoms in total. The lowest BCUT2D eigenvalue weighted by molar-refractivity contribution is 0.475. The Morgan fingerprint density at radius 3 is 2.32 bits per heavy atom. The van der Waals surface area contributed by atoms with E-state index in [1.807, 2.05) is 33.3 Å². The first-order valence-corrected chi connectivity index (χ1v) is 6.36. The van der Waals surface area contributed by atoms with Crippen LogP contribution in [-0.4, -0.2) is 26.2 Å². The predicted octanol–water partition coefficient (Wildman–Crippen LogP) is 3.09. The number of anilines is 2. The van der Waals surface area contributed by atoms with Gasteiger partial charge in [-0.1, -0.05) is 12.1 Å². The van der Waals surface area contributed by atoms with Crippen molar-refractivity contribution in [2.45, 2.75) is 6.42 Å². The first-order chi connectivity index (χ1) is 9.10. The van der Waals surface area contributed by atoms with Gasteiger partial charge in [-0.2, -0.15) is 0 Å². The van der Waals surface area contributed by atoms with Crippen molar-refractivity contribution < 1.29 is 5.11 Å². The van der Waals surface area contributed by atoms with Crippen LogP contribution in [0.3, 0.4) is 0 Å². The van der Waals surface area contributed by atoms with Crippen LogP contribution in [0.1, 0.15) is 11.1 Å². The van der Waals surface area contributed by atoms with E-state index in [-0.39, 0.29) is 0 Å². The molecular formula is C16H20N2O. The summed E-state index contributed by atoms with van der Waals surface area (Å²) in [5.74, 6) is 0.305. The van der Waals surface area contributed by atoms with E-state index in [1.54, 1.807) is 12.1 Å². The lowest BCUT2D eigenvalue weighted by atomic mass is 10.0. The van der Waals surface area contributed by atoms with E-state index in [0.717, 1.165) is 12.1 Å². The number of phenolic OH excluding ortho intramolecular Hbond substituents is 1. The summed E-state index contributed by atoms with van der Waals surface area (Å²) in [4.78, 5) is 2.10. The molecule has 0 unspecified atom stereocenters. The van der Waals surface area contributed by atoms with E-state index < -0.39 is 0 Å². The zero-order valence-corrected chi connectivity index (χ0v) is 11.6. The second kappa shape index (κ2) is 5.65. The number of rotatable bonds is 4. The first-order valence-electron chi connectivity index (χ1n) is 6.36. The lowest BCUT2D eigenvalue weighted by Gasteiger charge is -2.16. The van der Waals surface area contributed by atoms with Crippen LogP contribution < -0.4 is 10.2 Å². The second-order valence-corrected chi connectivity index (χ2v) is 4.83. The molecule has 0 aliphatic carbocycles. The Labute approximate surface area is 114 Å². The average Bonchev–Trinajstić information content (AvgIpc) is 2.41. The van der Waals surface area contributed by atoms with Gasteiger partial charge in [0, 0.05) is 32.5 Å². The van der Waals surface area contributed by atoms with E-state index in [4.69, 9.17) is 0 Å². The van der Waals surface area contributed by atoms with Gasteiger partial charge in [0.15, 0.2) is 0 Å². The minimum Gasteiger partial charge on any atom is -0.508 e. The zero-order chi connectivity index (χ0) is 13.8. The molecule has 0 fully saturated rings. The van der Waals surface area contributed by atoms with Crippen LogP contribution in [0.2, 0.25) is 0 Å². The van der Waals surface area contributed by atoms with E-state index in [9.17, 15) is 5.11 Å². The molecule has 0 saturated heterocycles. The van der Waals surface area contributed by atoms with Crippen molar-refractivity contribution in [3.8, 4) is 5.75 Å². The molecule has 0 bridgehead atoms. The summed E-state index contributed by atoms with van der Waals surface area (Å²) in [6.45, 7) is 0.